The highest BCUT2D eigenvalue weighted by molar-refractivity contribution is 6.83. The lowest BCUT2D eigenvalue weighted by Gasteiger charge is -2.27. The number of hydrogen-bond acceptors (Lipinski definition) is 2. The van der Waals surface area contributed by atoms with E-state index in [-0.39, 0.29) is 0 Å². The van der Waals surface area contributed by atoms with Crippen molar-refractivity contribution in [2.75, 3.05) is 0 Å². The van der Waals surface area contributed by atoms with Crippen molar-refractivity contribution < 1.29 is 8.23 Å². The van der Waals surface area contributed by atoms with E-state index in [1.807, 2.05) is 0 Å². The Bertz CT molecular complexity index is 140. The third kappa shape index (κ3) is 7.23. The van der Waals surface area contributed by atoms with Gasteiger partial charge in [-0.3, -0.25) is 0 Å². The molecule has 0 saturated carbocycles. The first-order valence-corrected chi connectivity index (χ1v) is 12.9. The molecule has 0 aromatic carbocycles. The summed E-state index contributed by atoms with van der Waals surface area (Å²) in [4.78, 5) is 0. The van der Waals surface area contributed by atoms with Gasteiger partial charge in [-0.25, -0.2) is 4.12 Å². The van der Waals surface area contributed by atoms with Crippen LogP contribution in [0.3, 0.4) is 0 Å². The van der Waals surface area contributed by atoms with Crippen molar-refractivity contribution in [3.05, 3.63) is 0 Å². The van der Waals surface area contributed by atoms with Crippen LogP contribution in [0.4, 0.5) is 0 Å². The van der Waals surface area contributed by atoms with Crippen molar-refractivity contribution in [3.63, 3.8) is 0 Å². The molecule has 0 aromatic heterocycles. The van der Waals surface area contributed by atoms with Crippen molar-refractivity contribution in [2.45, 2.75) is 45.8 Å². The molecule has 0 amide bonds. The first kappa shape index (κ1) is 12.6. The SMILES string of the molecule is C[Si+](C)O[Si](C)(C)O[Si](C)(C)C. The van der Waals surface area contributed by atoms with E-state index in [0.29, 0.717) is 0 Å². The van der Waals surface area contributed by atoms with Gasteiger partial charge >= 0.3 is 17.6 Å². The Kier molecular flexibility index (Phi) is 4.39. The third-order valence-electron chi connectivity index (χ3n) is 1.00. The molecule has 0 heterocycles. The van der Waals surface area contributed by atoms with Gasteiger partial charge < -0.3 is 4.12 Å². The lowest BCUT2D eigenvalue weighted by molar-refractivity contribution is 0.405. The lowest BCUT2D eigenvalue weighted by Crippen LogP contribution is -2.46. The second-order valence-electron chi connectivity index (χ2n) is 4.62. The van der Waals surface area contributed by atoms with E-state index in [1.54, 1.807) is 0 Å². The second kappa shape index (κ2) is 4.19. The Morgan fingerprint density at radius 2 is 1.33 bits per heavy atom. The topological polar surface area (TPSA) is 18.5 Å². The van der Waals surface area contributed by atoms with E-state index >= 15 is 0 Å². The summed E-state index contributed by atoms with van der Waals surface area (Å²) in [5, 5.41) is 0. The monoisotopic (exact) mass is 221 g/mol. The van der Waals surface area contributed by atoms with E-state index in [2.05, 4.69) is 45.8 Å². The normalized spacial score (nSPS) is 13.2. The molecule has 0 N–H and O–H groups in total. The quantitative estimate of drug-likeness (QED) is 0.680. The van der Waals surface area contributed by atoms with Crippen molar-refractivity contribution >= 4 is 25.9 Å². The van der Waals surface area contributed by atoms with Gasteiger partial charge in [-0.15, -0.1) is 0 Å². The minimum absolute atomic E-state index is 0.604. The molecular formula is C7H21O2Si3+. The van der Waals surface area contributed by atoms with Crippen LogP contribution in [0.25, 0.3) is 0 Å². The fraction of sp³-hybridized carbons (Fsp3) is 1.00. The maximum atomic E-state index is 6.02. The molecule has 0 saturated heterocycles. The Morgan fingerprint density at radius 3 is 1.58 bits per heavy atom. The van der Waals surface area contributed by atoms with E-state index in [4.69, 9.17) is 8.23 Å². The first-order valence-electron chi connectivity index (χ1n) is 4.32. The van der Waals surface area contributed by atoms with E-state index in [1.165, 1.54) is 0 Å². The van der Waals surface area contributed by atoms with Gasteiger partial charge in [0.25, 0.3) is 0 Å². The molecule has 0 spiro atoms. The zero-order valence-electron chi connectivity index (χ0n) is 9.32. The van der Waals surface area contributed by atoms with Gasteiger partial charge in [0.1, 0.15) is 0 Å². The summed E-state index contributed by atoms with van der Waals surface area (Å²) in [5.74, 6) is 0. The smallest absolute Gasteiger partial charge is 0.435 e. The van der Waals surface area contributed by atoms with Gasteiger partial charge in [-0.1, -0.05) is 0 Å². The van der Waals surface area contributed by atoms with Gasteiger partial charge in [0.05, 0.1) is 13.1 Å². The summed E-state index contributed by atoms with van der Waals surface area (Å²) >= 11 is 0. The number of hydrogen-bond donors (Lipinski definition) is 0. The van der Waals surface area contributed by atoms with Gasteiger partial charge in [0, 0.05) is 0 Å². The fourth-order valence-corrected chi connectivity index (χ4v) is 11.6. The van der Waals surface area contributed by atoms with Crippen molar-refractivity contribution in [1.29, 1.82) is 0 Å². The summed E-state index contributed by atoms with van der Waals surface area (Å²) < 4.78 is 11.9. The lowest BCUT2D eigenvalue weighted by atomic mass is 11.8. The molecule has 0 radical (unpaired) electrons. The molecule has 0 aliphatic heterocycles. The van der Waals surface area contributed by atoms with Crippen LogP contribution in [0.15, 0.2) is 0 Å². The van der Waals surface area contributed by atoms with Crippen LogP contribution < -0.4 is 0 Å². The minimum atomic E-state index is -1.79. The molecule has 0 aliphatic carbocycles. The average molecular weight is 222 g/mol. The molecular weight excluding hydrogens is 200 g/mol. The zero-order chi connectivity index (χ0) is 9.99. The van der Waals surface area contributed by atoms with Crippen LogP contribution in [-0.2, 0) is 8.23 Å². The molecule has 0 unspecified atom stereocenters. The van der Waals surface area contributed by atoms with Crippen molar-refractivity contribution in [3.8, 4) is 0 Å². The predicted molar refractivity (Wildman–Crippen MR) is 60.5 cm³/mol. The molecule has 0 aliphatic rings. The summed E-state index contributed by atoms with van der Waals surface area (Å²) in [5.41, 5.74) is 0. The molecule has 2 nitrogen and oxygen atoms in total. The highest BCUT2D eigenvalue weighted by Crippen LogP contribution is 2.15. The van der Waals surface area contributed by atoms with Crippen LogP contribution in [-0.4, -0.2) is 25.9 Å². The van der Waals surface area contributed by atoms with E-state index in [9.17, 15) is 0 Å². The summed E-state index contributed by atoms with van der Waals surface area (Å²) in [6.07, 6.45) is 0. The average Bonchev–Trinajstić information content (AvgIpc) is 1.48. The van der Waals surface area contributed by atoms with Crippen LogP contribution in [0.5, 0.6) is 0 Å². The van der Waals surface area contributed by atoms with Crippen molar-refractivity contribution in [2.24, 2.45) is 0 Å². The van der Waals surface area contributed by atoms with E-state index < -0.39 is 25.9 Å². The van der Waals surface area contributed by atoms with Gasteiger partial charge in [0.15, 0.2) is 8.32 Å². The molecule has 0 atom stereocenters. The van der Waals surface area contributed by atoms with Gasteiger partial charge in [-0.05, 0) is 32.7 Å². The molecule has 72 valence electrons. The Balaban J connectivity index is 4.04. The molecule has 5 heteroatoms. The highest BCUT2D eigenvalue weighted by Gasteiger charge is 2.38. The van der Waals surface area contributed by atoms with Crippen LogP contribution >= 0.6 is 0 Å². The molecule has 0 fully saturated rings. The molecule has 0 rings (SSSR count). The highest BCUT2D eigenvalue weighted by atomic mass is 28.5. The maximum absolute atomic E-state index is 6.02. The zero-order valence-corrected chi connectivity index (χ0v) is 12.3. The van der Waals surface area contributed by atoms with Crippen LogP contribution in [0.2, 0.25) is 45.8 Å². The standard InChI is InChI=1S/C7H21O2Si3/c1-10(2)8-12(6,7)9-11(3,4)5/h1-7H3/q+1. The second-order valence-corrected chi connectivity index (χ2v) is 15.1. The van der Waals surface area contributed by atoms with Crippen LogP contribution in [0.1, 0.15) is 0 Å². The molecule has 0 aromatic rings. The van der Waals surface area contributed by atoms with Gasteiger partial charge in [0.2, 0.25) is 0 Å². The van der Waals surface area contributed by atoms with Crippen molar-refractivity contribution in [1.82, 2.24) is 0 Å². The third-order valence-corrected chi connectivity index (χ3v) is 9.02. The minimum Gasteiger partial charge on any atom is -0.435 e. The Labute approximate surface area is 80.4 Å². The van der Waals surface area contributed by atoms with Crippen LogP contribution in [0, 0.1) is 0 Å². The van der Waals surface area contributed by atoms with Gasteiger partial charge in [-0.2, -0.15) is 0 Å². The summed E-state index contributed by atoms with van der Waals surface area (Å²) in [7, 11) is -3.81. The summed E-state index contributed by atoms with van der Waals surface area (Å²) in [6, 6.07) is 0. The largest absolute Gasteiger partial charge is 0.456 e. The first-order chi connectivity index (χ1) is 5.12. The Morgan fingerprint density at radius 1 is 0.917 bits per heavy atom. The summed E-state index contributed by atoms with van der Waals surface area (Å²) in [6.45, 7) is 15.2. The maximum Gasteiger partial charge on any atom is 0.456 e. The fourth-order valence-electron chi connectivity index (χ4n) is 1.25. The number of rotatable bonds is 4. The molecule has 0 bridgehead atoms. The Hall–Kier alpha value is 0.571. The van der Waals surface area contributed by atoms with E-state index in [0.717, 1.165) is 0 Å². The molecule has 12 heavy (non-hydrogen) atoms. The predicted octanol–water partition coefficient (Wildman–Crippen LogP) is 2.81.